The van der Waals surface area contributed by atoms with Gasteiger partial charge >= 0.3 is 0 Å². The van der Waals surface area contributed by atoms with Gasteiger partial charge in [-0.25, -0.2) is 0 Å². The van der Waals surface area contributed by atoms with Crippen molar-refractivity contribution in [3.63, 3.8) is 0 Å². The van der Waals surface area contributed by atoms with Gasteiger partial charge < -0.3 is 10.0 Å². The highest BCUT2D eigenvalue weighted by Crippen LogP contribution is 2.16. The summed E-state index contributed by atoms with van der Waals surface area (Å²) in [6, 6.07) is 1.98. The molecule has 0 saturated heterocycles. The van der Waals surface area contributed by atoms with E-state index in [1.807, 2.05) is 18.5 Å². The van der Waals surface area contributed by atoms with Crippen LogP contribution in [0.5, 0.6) is 0 Å². The fourth-order valence-electron chi connectivity index (χ4n) is 2.06. The summed E-state index contributed by atoms with van der Waals surface area (Å²) in [7, 11) is 1.85. The molecule has 21 heavy (non-hydrogen) atoms. The molecule has 0 atom stereocenters. The summed E-state index contributed by atoms with van der Waals surface area (Å²) in [6.45, 7) is 2.71. The summed E-state index contributed by atoms with van der Waals surface area (Å²) >= 11 is 1.60. The number of nitrogens with zero attached hydrogens (tertiary/aromatic N) is 1. The Bertz CT molecular complexity index is 484. The smallest absolute Gasteiger partial charge is 0.222 e. The Balaban J connectivity index is 2.33. The van der Waals surface area contributed by atoms with E-state index in [9.17, 15) is 4.79 Å². The highest BCUT2D eigenvalue weighted by Gasteiger charge is 2.10. The summed E-state index contributed by atoms with van der Waals surface area (Å²) in [5, 5.41) is 10.6. The highest BCUT2D eigenvalue weighted by atomic mass is 32.1. The molecule has 1 aromatic heterocycles. The zero-order valence-electron chi connectivity index (χ0n) is 13.0. The van der Waals surface area contributed by atoms with E-state index in [2.05, 4.69) is 18.8 Å². The lowest BCUT2D eigenvalue weighted by molar-refractivity contribution is -0.130. The molecule has 0 unspecified atom stereocenters. The number of thiophene rings is 1. The molecule has 116 valence electrons. The molecular formula is C17H25NO2S. The zero-order chi connectivity index (χ0) is 15.5. The summed E-state index contributed by atoms with van der Waals surface area (Å²) in [5.74, 6) is 5.72. The molecule has 0 radical (unpaired) electrons. The molecule has 1 N–H and O–H groups in total. The quantitative estimate of drug-likeness (QED) is 0.590. The molecule has 0 bridgehead atoms. The van der Waals surface area contributed by atoms with Crippen LogP contribution in [-0.4, -0.2) is 29.6 Å². The van der Waals surface area contributed by atoms with Gasteiger partial charge in [0.05, 0.1) is 6.54 Å². The molecule has 0 aliphatic carbocycles. The molecule has 0 spiro atoms. The number of unbranched alkanes of at least 4 members (excludes halogenated alkanes) is 4. The standard InChI is InChI=1S/C17H25NO2S/c1-3-4-5-6-7-10-17(20)18(2)13-16-12-15(14-21-16)9-8-11-19/h12,14,19H,3-7,10-11,13H2,1-2H3. The van der Waals surface area contributed by atoms with E-state index in [1.54, 1.807) is 16.2 Å². The van der Waals surface area contributed by atoms with Gasteiger partial charge in [0.15, 0.2) is 0 Å². The average molecular weight is 307 g/mol. The first-order valence-corrected chi connectivity index (χ1v) is 8.46. The van der Waals surface area contributed by atoms with E-state index >= 15 is 0 Å². The van der Waals surface area contributed by atoms with Crippen molar-refractivity contribution in [3.05, 3.63) is 21.9 Å². The van der Waals surface area contributed by atoms with Gasteiger partial charge in [-0.15, -0.1) is 11.3 Å². The normalized spacial score (nSPS) is 10.0. The Labute approximate surface area is 132 Å². The Hall–Kier alpha value is -1.31. The number of aliphatic hydroxyl groups excluding tert-OH is 1. The first kappa shape index (κ1) is 17.7. The van der Waals surface area contributed by atoms with Crippen LogP contribution >= 0.6 is 11.3 Å². The Morgan fingerprint density at radius 1 is 1.33 bits per heavy atom. The van der Waals surface area contributed by atoms with Crippen LogP contribution < -0.4 is 0 Å². The van der Waals surface area contributed by atoms with Crippen molar-refractivity contribution < 1.29 is 9.90 Å². The van der Waals surface area contributed by atoms with Crippen molar-refractivity contribution >= 4 is 17.2 Å². The molecule has 0 saturated carbocycles. The molecule has 0 aliphatic rings. The fourth-order valence-corrected chi connectivity index (χ4v) is 2.93. The van der Waals surface area contributed by atoms with Gasteiger partial charge in [0.2, 0.25) is 5.91 Å². The minimum Gasteiger partial charge on any atom is -0.384 e. The number of rotatable bonds is 8. The third-order valence-electron chi connectivity index (χ3n) is 3.28. The number of hydrogen-bond donors (Lipinski definition) is 1. The van der Waals surface area contributed by atoms with Crippen LogP contribution in [0.15, 0.2) is 11.4 Å². The second-order valence-electron chi connectivity index (χ2n) is 5.18. The van der Waals surface area contributed by atoms with Gasteiger partial charge in [0.25, 0.3) is 0 Å². The van der Waals surface area contributed by atoms with Crippen molar-refractivity contribution in [2.45, 2.75) is 52.0 Å². The molecule has 3 nitrogen and oxygen atoms in total. The van der Waals surface area contributed by atoms with Crippen LogP contribution in [0.4, 0.5) is 0 Å². The minimum atomic E-state index is -0.123. The third-order valence-corrected chi connectivity index (χ3v) is 4.20. The van der Waals surface area contributed by atoms with Crippen LogP contribution in [0.25, 0.3) is 0 Å². The predicted molar refractivity (Wildman–Crippen MR) is 88.1 cm³/mol. The highest BCUT2D eigenvalue weighted by molar-refractivity contribution is 7.10. The van der Waals surface area contributed by atoms with Crippen LogP contribution in [0.2, 0.25) is 0 Å². The Morgan fingerprint density at radius 3 is 2.81 bits per heavy atom. The molecule has 0 fully saturated rings. The SMILES string of the molecule is CCCCCCCC(=O)N(C)Cc1cc(C#CCO)cs1. The third kappa shape index (κ3) is 7.31. The molecule has 1 amide bonds. The van der Waals surface area contributed by atoms with Crippen LogP contribution in [-0.2, 0) is 11.3 Å². The number of carbonyl (C=O) groups is 1. The molecule has 1 heterocycles. The lowest BCUT2D eigenvalue weighted by atomic mass is 10.1. The van der Waals surface area contributed by atoms with Crippen molar-refractivity contribution in [2.75, 3.05) is 13.7 Å². The molecule has 1 aromatic rings. The maximum atomic E-state index is 12.0. The monoisotopic (exact) mass is 307 g/mol. The fraction of sp³-hybridized carbons (Fsp3) is 0.588. The lowest BCUT2D eigenvalue weighted by Crippen LogP contribution is -2.25. The number of hydrogen-bond acceptors (Lipinski definition) is 3. The van der Waals surface area contributed by atoms with Gasteiger partial charge in [-0.3, -0.25) is 4.79 Å². The Kier molecular flexibility index (Phi) is 8.80. The van der Waals surface area contributed by atoms with Crippen LogP contribution in [0.1, 0.15) is 55.9 Å². The lowest BCUT2D eigenvalue weighted by Gasteiger charge is -2.16. The van der Waals surface area contributed by atoms with Crippen molar-refractivity contribution in [1.29, 1.82) is 0 Å². The number of aliphatic hydroxyl groups is 1. The summed E-state index contributed by atoms with van der Waals surface area (Å²) in [6.07, 6.45) is 6.49. The van der Waals surface area contributed by atoms with Gasteiger partial charge in [0.1, 0.15) is 6.61 Å². The molecule has 4 heteroatoms. The maximum absolute atomic E-state index is 12.0. The Morgan fingerprint density at radius 2 is 2.10 bits per heavy atom. The minimum absolute atomic E-state index is 0.123. The van der Waals surface area contributed by atoms with Gasteiger partial charge in [-0.1, -0.05) is 44.4 Å². The predicted octanol–water partition coefficient (Wildman–Crippen LogP) is 3.41. The van der Waals surface area contributed by atoms with E-state index in [1.165, 1.54) is 19.3 Å². The van der Waals surface area contributed by atoms with Gasteiger partial charge in [-0.05, 0) is 12.5 Å². The van der Waals surface area contributed by atoms with Gasteiger partial charge in [0, 0.05) is 29.3 Å². The number of amides is 1. The second kappa shape index (κ2) is 10.4. The van der Waals surface area contributed by atoms with Crippen molar-refractivity contribution in [3.8, 4) is 11.8 Å². The summed E-state index contributed by atoms with van der Waals surface area (Å²) in [5.41, 5.74) is 0.907. The zero-order valence-corrected chi connectivity index (χ0v) is 13.8. The first-order chi connectivity index (χ1) is 10.2. The molecule has 0 aliphatic heterocycles. The summed E-state index contributed by atoms with van der Waals surface area (Å²) < 4.78 is 0. The van der Waals surface area contributed by atoms with E-state index in [-0.39, 0.29) is 12.5 Å². The topological polar surface area (TPSA) is 40.5 Å². The van der Waals surface area contributed by atoms with E-state index in [0.29, 0.717) is 13.0 Å². The largest absolute Gasteiger partial charge is 0.384 e. The van der Waals surface area contributed by atoms with Crippen LogP contribution in [0.3, 0.4) is 0 Å². The van der Waals surface area contributed by atoms with Crippen molar-refractivity contribution in [2.24, 2.45) is 0 Å². The average Bonchev–Trinajstić information content (AvgIpc) is 2.92. The van der Waals surface area contributed by atoms with E-state index in [0.717, 1.165) is 23.3 Å². The maximum Gasteiger partial charge on any atom is 0.222 e. The summed E-state index contributed by atoms with van der Waals surface area (Å²) in [4.78, 5) is 14.9. The second-order valence-corrected chi connectivity index (χ2v) is 6.17. The molecular weight excluding hydrogens is 282 g/mol. The van der Waals surface area contributed by atoms with E-state index in [4.69, 9.17) is 5.11 Å². The van der Waals surface area contributed by atoms with Gasteiger partial charge in [-0.2, -0.15) is 0 Å². The van der Waals surface area contributed by atoms with Crippen molar-refractivity contribution in [1.82, 2.24) is 4.90 Å². The number of carbonyl (C=O) groups excluding carboxylic acids is 1. The molecule has 1 rings (SSSR count). The van der Waals surface area contributed by atoms with E-state index < -0.39 is 0 Å². The first-order valence-electron chi connectivity index (χ1n) is 7.58. The van der Waals surface area contributed by atoms with Crippen LogP contribution in [0, 0.1) is 11.8 Å². The molecule has 0 aromatic carbocycles.